The smallest absolute Gasteiger partial charge is 0.271 e. The molecule has 0 radical (unpaired) electrons. The number of nitro groups is 1. The molecular weight excluding hydrogens is 382 g/mol. The van der Waals surface area contributed by atoms with Crippen LogP contribution in [0.1, 0.15) is 21.1 Å². The van der Waals surface area contributed by atoms with Crippen molar-refractivity contribution in [2.45, 2.75) is 13.5 Å². The molecule has 0 saturated heterocycles. The van der Waals surface area contributed by atoms with Gasteiger partial charge in [0, 0.05) is 23.1 Å². The zero-order valence-corrected chi connectivity index (χ0v) is 16.0. The Morgan fingerprint density at radius 1 is 1.29 bits per heavy atom. The lowest BCUT2D eigenvalue weighted by molar-refractivity contribution is -0.384. The predicted molar refractivity (Wildman–Crippen MR) is 105 cm³/mol. The number of aromatic nitrogens is 1. The van der Waals surface area contributed by atoms with E-state index in [1.807, 2.05) is 12.3 Å². The minimum atomic E-state index is -0.538. The number of non-ortho nitro benzene ring substituents is 1. The molecule has 0 aliphatic heterocycles. The number of rotatable bonds is 7. The lowest BCUT2D eigenvalue weighted by Crippen LogP contribution is -2.13. The number of hydrogen-bond donors (Lipinski definition) is 1. The standard InChI is InChI=1S/C19H17N3O5S/c1-12-20-14(11-28-12)10-27-16-5-3-4-13(8-16)19(23)21-17-9-15(22(24)25)6-7-18(17)26-2/h3-9,11H,10H2,1-2H3,(H,21,23). The number of methoxy groups -OCH3 is 1. The molecule has 3 rings (SSSR count). The summed E-state index contributed by atoms with van der Waals surface area (Å²) >= 11 is 1.54. The van der Waals surface area contributed by atoms with Gasteiger partial charge in [-0.15, -0.1) is 11.3 Å². The predicted octanol–water partition coefficient (Wildman–Crippen LogP) is 4.20. The van der Waals surface area contributed by atoms with E-state index in [0.29, 0.717) is 23.7 Å². The van der Waals surface area contributed by atoms with Gasteiger partial charge in [-0.05, 0) is 31.2 Å². The molecule has 2 aromatic carbocycles. The molecule has 8 nitrogen and oxygen atoms in total. The molecule has 1 heterocycles. The van der Waals surface area contributed by atoms with E-state index in [1.165, 1.54) is 25.3 Å². The van der Waals surface area contributed by atoms with E-state index < -0.39 is 10.8 Å². The van der Waals surface area contributed by atoms with Crippen molar-refractivity contribution in [2.75, 3.05) is 12.4 Å². The summed E-state index contributed by atoms with van der Waals surface area (Å²) in [4.78, 5) is 27.4. The Labute approximate surface area is 164 Å². The lowest BCUT2D eigenvalue weighted by atomic mass is 10.2. The third-order valence-electron chi connectivity index (χ3n) is 3.79. The third-order valence-corrected chi connectivity index (χ3v) is 4.61. The number of hydrogen-bond acceptors (Lipinski definition) is 7. The highest BCUT2D eigenvalue weighted by atomic mass is 32.1. The molecule has 0 aliphatic rings. The van der Waals surface area contributed by atoms with Gasteiger partial charge in [0.25, 0.3) is 11.6 Å². The Morgan fingerprint density at radius 2 is 2.11 bits per heavy atom. The summed E-state index contributed by atoms with van der Waals surface area (Å²) < 4.78 is 10.9. The van der Waals surface area contributed by atoms with Gasteiger partial charge in [0.1, 0.15) is 18.1 Å². The average Bonchev–Trinajstić information content (AvgIpc) is 3.11. The zero-order valence-electron chi connectivity index (χ0n) is 15.2. The van der Waals surface area contributed by atoms with Crippen LogP contribution in [0.5, 0.6) is 11.5 Å². The SMILES string of the molecule is COc1ccc([N+](=O)[O-])cc1NC(=O)c1cccc(OCc2csc(C)n2)c1. The molecule has 0 aliphatic carbocycles. The number of anilines is 1. The average molecular weight is 399 g/mol. The van der Waals surface area contributed by atoms with Gasteiger partial charge in [-0.3, -0.25) is 14.9 Å². The summed E-state index contributed by atoms with van der Waals surface area (Å²) in [6.45, 7) is 2.22. The maximum Gasteiger partial charge on any atom is 0.271 e. The Bertz CT molecular complexity index is 1020. The molecule has 1 aromatic heterocycles. The Kier molecular flexibility index (Phi) is 5.85. The van der Waals surface area contributed by atoms with Crippen LogP contribution in [0.3, 0.4) is 0 Å². The monoisotopic (exact) mass is 399 g/mol. The second-order valence-electron chi connectivity index (χ2n) is 5.77. The van der Waals surface area contributed by atoms with Crippen LogP contribution in [0, 0.1) is 17.0 Å². The first kappa shape index (κ1) is 19.3. The second kappa shape index (κ2) is 8.49. The molecule has 0 unspecified atom stereocenters. The van der Waals surface area contributed by atoms with Gasteiger partial charge in [-0.1, -0.05) is 6.07 Å². The highest BCUT2D eigenvalue weighted by Crippen LogP contribution is 2.29. The maximum atomic E-state index is 12.6. The number of nitro benzene ring substituents is 1. The van der Waals surface area contributed by atoms with Crippen LogP contribution < -0.4 is 14.8 Å². The Hall–Kier alpha value is -3.46. The van der Waals surface area contributed by atoms with E-state index in [2.05, 4.69) is 10.3 Å². The van der Waals surface area contributed by atoms with E-state index in [4.69, 9.17) is 9.47 Å². The van der Waals surface area contributed by atoms with Crippen molar-refractivity contribution < 1.29 is 19.2 Å². The van der Waals surface area contributed by atoms with E-state index in [9.17, 15) is 14.9 Å². The van der Waals surface area contributed by atoms with E-state index in [1.54, 1.807) is 35.6 Å². The van der Waals surface area contributed by atoms with Crippen LogP contribution in [0.4, 0.5) is 11.4 Å². The molecule has 144 valence electrons. The first-order valence-electron chi connectivity index (χ1n) is 8.24. The van der Waals surface area contributed by atoms with E-state index in [-0.39, 0.29) is 11.4 Å². The van der Waals surface area contributed by atoms with Crippen molar-refractivity contribution in [2.24, 2.45) is 0 Å². The number of carbonyl (C=O) groups excluding carboxylic acids is 1. The summed E-state index contributed by atoms with van der Waals surface area (Å²) in [5.74, 6) is 0.406. The first-order chi connectivity index (χ1) is 13.5. The van der Waals surface area contributed by atoms with Gasteiger partial charge < -0.3 is 14.8 Å². The van der Waals surface area contributed by atoms with Crippen LogP contribution in [0.15, 0.2) is 47.8 Å². The minimum Gasteiger partial charge on any atom is -0.495 e. The molecule has 1 amide bonds. The molecule has 0 fully saturated rings. The normalized spacial score (nSPS) is 10.4. The van der Waals surface area contributed by atoms with Crippen molar-refractivity contribution in [3.8, 4) is 11.5 Å². The van der Waals surface area contributed by atoms with Crippen molar-refractivity contribution in [3.05, 3.63) is 74.2 Å². The Morgan fingerprint density at radius 3 is 2.79 bits per heavy atom. The second-order valence-corrected chi connectivity index (χ2v) is 6.83. The van der Waals surface area contributed by atoms with Crippen LogP contribution >= 0.6 is 11.3 Å². The number of amides is 1. The van der Waals surface area contributed by atoms with Gasteiger partial charge in [-0.2, -0.15) is 0 Å². The summed E-state index contributed by atoms with van der Waals surface area (Å²) in [6.07, 6.45) is 0. The number of carbonyl (C=O) groups is 1. The summed E-state index contributed by atoms with van der Waals surface area (Å²) in [5.41, 5.74) is 1.23. The van der Waals surface area contributed by atoms with E-state index in [0.717, 1.165) is 10.7 Å². The van der Waals surface area contributed by atoms with Crippen molar-refractivity contribution in [1.82, 2.24) is 4.98 Å². The first-order valence-corrected chi connectivity index (χ1v) is 9.12. The number of nitrogens with zero attached hydrogens (tertiary/aromatic N) is 2. The topological polar surface area (TPSA) is 104 Å². The fourth-order valence-electron chi connectivity index (χ4n) is 2.46. The van der Waals surface area contributed by atoms with Gasteiger partial charge in [0.15, 0.2) is 0 Å². The van der Waals surface area contributed by atoms with Crippen molar-refractivity contribution in [3.63, 3.8) is 0 Å². The summed E-state index contributed by atoms with van der Waals surface area (Å²) in [6, 6.07) is 10.6. The molecule has 9 heteroatoms. The number of benzene rings is 2. The molecule has 0 saturated carbocycles. The van der Waals surface area contributed by atoms with Gasteiger partial charge in [0.2, 0.25) is 0 Å². The third kappa shape index (κ3) is 4.63. The zero-order chi connectivity index (χ0) is 20.1. The van der Waals surface area contributed by atoms with E-state index >= 15 is 0 Å². The van der Waals surface area contributed by atoms with Crippen molar-refractivity contribution in [1.29, 1.82) is 0 Å². The van der Waals surface area contributed by atoms with Crippen LogP contribution in [0.2, 0.25) is 0 Å². The largest absolute Gasteiger partial charge is 0.495 e. The molecule has 0 spiro atoms. The van der Waals surface area contributed by atoms with Crippen LogP contribution in [0.25, 0.3) is 0 Å². The molecule has 0 atom stereocenters. The number of ether oxygens (including phenoxy) is 2. The molecular formula is C19H17N3O5S. The highest BCUT2D eigenvalue weighted by molar-refractivity contribution is 7.09. The molecule has 1 N–H and O–H groups in total. The van der Waals surface area contributed by atoms with Crippen molar-refractivity contribution >= 4 is 28.6 Å². The lowest BCUT2D eigenvalue weighted by Gasteiger charge is -2.11. The fraction of sp³-hybridized carbons (Fsp3) is 0.158. The number of thiazole rings is 1. The summed E-state index contributed by atoms with van der Waals surface area (Å²) in [7, 11) is 1.42. The van der Waals surface area contributed by atoms with Crippen LogP contribution in [-0.2, 0) is 6.61 Å². The fourth-order valence-corrected chi connectivity index (χ4v) is 3.06. The summed E-state index contributed by atoms with van der Waals surface area (Å²) in [5, 5.41) is 16.5. The molecule has 3 aromatic rings. The van der Waals surface area contributed by atoms with Gasteiger partial charge >= 0.3 is 0 Å². The number of aryl methyl sites for hydroxylation is 1. The molecule has 0 bridgehead atoms. The van der Waals surface area contributed by atoms with Gasteiger partial charge in [0.05, 0.1) is 28.4 Å². The highest BCUT2D eigenvalue weighted by Gasteiger charge is 2.15. The van der Waals surface area contributed by atoms with Gasteiger partial charge in [-0.25, -0.2) is 4.98 Å². The maximum absolute atomic E-state index is 12.6. The quantitative estimate of drug-likeness (QED) is 0.472. The number of nitrogens with one attached hydrogen (secondary N) is 1. The molecule has 28 heavy (non-hydrogen) atoms. The minimum absolute atomic E-state index is 0.147. The Balaban J connectivity index is 1.74. The van der Waals surface area contributed by atoms with Crippen LogP contribution in [-0.4, -0.2) is 22.9 Å².